The summed E-state index contributed by atoms with van der Waals surface area (Å²) in [5.41, 5.74) is 1.98. The average Bonchev–Trinajstić information content (AvgIpc) is 3.60. The van der Waals surface area contributed by atoms with Gasteiger partial charge in [-0.05, 0) is 42.2 Å². The number of hydrogen-bond donors (Lipinski definition) is 2. The Hall–Kier alpha value is -2.97. The molecule has 1 atom stereocenters. The molecule has 1 aliphatic rings. The minimum absolute atomic E-state index is 0.127. The van der Waals surface area contributed by atoms with E-state index >= 15 is 0 Å². The minimum atomic E-state index is -0.395. The molecule has 2 aromatic heterocycles. The molecule has 0 radical (unpaired) electrons. The highest BCUT2D eigenvalue weighted by atomic mass is 35.5. The van der Waals surface area contributed by atoms with E-state index in [1.54, 1.807) is 18.3 Å². The summed E-state index contributed by atoms with van der Waals surface area (Å²) in [7, 11) is 1.85. The van der Waals surface area contributed by atoms with Crippen LogP contribution in [0.3, 0.4) is 0 Å². The second-order valence-corrected chi connectivity index (χ2v) is 10.7. The van der Waals surface area contributed by atoms with Crippen LogP contribution in [0.2, 0.25) is 5.02 Å². The van der Waals surface area contributed by atoms with Gasteiger partial charge in [-0.3, -0.25) is 9.59 Å². The highest BCUT2D eigenvalue weighted by molar-refractivity contribution is 7.18. The van der Waals surface area contributed by atoms with Crippen LogP contribution in [0.4, 0.5) is 0 Å². The largest absolute Gasteiger partial charge is 0.374 e. The van der Waals surface area contributed by atoms with Crippen LogP contribution < -0.4 is 16.1 Å². The van der Waals surface area contributed by atoms with Gasteiger partial charge in [-0.15, -0.1) is 11.3 Å². The van der Waals surface area contributed by atoms with Gasteiger partial charge in [-0.2, -0.15) is 0 Å². The van der Waals surface area contributed by atoms with Gasteiger partial charge in [-0.25, -0.2) is 0 Å². The number of carbonyl (C=O) groups is 1. The maximum absolute atomic E-state index is 13.2. The maximum atomic E-state index is 13.2. The Kier molecular flexibility index (Phi) is 7.53. The highest BCUT2D eigenvalue weighted by Crippen LogP contribution is 2.27. The molecule has 1 unspecified atom stereocenters. The van der Waals surface area contributed by atoms with Crippen molar-refractivity contribution in [3.63, 3.8) is 0 Å². The third-order valence-electron chi connectivity index (χ3n) is 6.25. The molecule has 186 valence electrons. The van der Waals surface area contributed by atoms with E-state index in [9.17, 15) is 9.59 Å². The predicted molar refractivity (Wildman–Crippen MR) is 145 cm³/mol. The highest BCUT2D eigenvalue weighted by Gasteiger charge is 2.25. The van der Waals surface area contributed by atoms with Crippen molar-refractivity contribution in [2.45, 2.75) is 38.1 Å². The molecule has 5 rings (SSSR count). The van der Waals surface area contributed by atoms with Gasteiger partial charge < -0.3 is 19.9 Å². The van der Waals surface area contributed by atoms with Crippen molar-refractivity contribution in [1.29, 1.82) is 0 Å². The number of fused-ring (bicyclic) bond motifs is 1. The van der Waals surface area contributed by atoms with E-state index in [0.29, 0.717) is 36.2 Å². The van der Waals surface area contributed by atoms with Crippen molar-refractivity contribution < 1.29 is 9.53 Å². The van der Waals surface area contributed by atoms with Crippen molar-refractivity contribution in [3.05, 3.63) is 104 Å². The summed E-state index contributed by atoms with van der Waals surface area (Å²) in [5, 5.41) is 7.67. The zero-order valence-electron chi connectivity index (χ0n) is 20.0. The van der Waals surface area contributed by atoms with Crippen molar-refractivity contribution in [2.24, 2.45) is 7.05 Å². The number of benzene rings is 2. The molecule has 0 aliphatic heterocycles. The molecule has 0 spiro atoms. The molecule has 2 aromatic carbocycles. The second-order valence-electron chi connectivity index (χ2n) is 9.14. The number of aromatic nitrogens is 1. The fourth-order valence-corrected chi connectivity index (χ4v) is 5.31. The van der Waals surface area contributed by atoms with E-state index in [4.69, 9.17) is 16.3 Å². The number of carbonyl (C=O) groups excluding carboxylic acids is 1. The number of ether oxygens (including phenoxy) is 1. The Bertz CT molecular complexity index is 1410. The molecule has 1 aliphatic carbocycles. The number of aryl methyl sites for hydroxylation is 1. The third kappa shape index (κ3) is 5.87. The summed E-state index contributed by atoms with van der Waals surface area (Å²) >= 11 is 7.44. The summed E-state index contributed by atoms with van der Waals surface area (Å²) in [5.74, 6) is -0.395. The SMILES string of the molecule is Cn1cc(C(=O)NCc2ccc(Cl)cc2)c(=O)c2cc(COCC(NC3CC3)c3ccccc3)sc21. The van der Waals surface area contributed by atoms with Crippen LogP contribution >= 0.6 is 22.9 Å². The van der Waals surface area contributed by atoms with E-state index < -0.39 is 5.91 Å². The summed E-state index contributed by atoms with van der Waals surface area (Å²) < 4.78 is 7.93. The lowest BCUT2D eigenvalue weighted by atomic mass is 10.1. The lowest BCUT2D eigenvalue weighted by Gasteiger charge is -2.19. The fraction of sp³-hybridized carbons (Fsp3) is 0.286. The van der Waals surface area contributed by atoms with Crippen LogP contribution in [0, 0.1) is 0 Å². The van der Waals surface area contributed by atoms with Crippen LogP contribution in [0.15, 0.2) is 71.7 Å². The number of nitrogens with zero attached hydrogens (tertiary/aromatic N) is 1. The molecule has 0 saturated heterocycles. The first-order chi connectivity index (χ1) is 17.5. The van der Waals surface area contributed by atoms with Crippen LogP contribution in [-0.4, -0.2) is 23.1 Å². The molecular weight excluding hydrogens is 494 g/mol. The van der Waals surface area contributed by atoms with Gasteiger partial charge in [0, 0.05) is 35.7 Å². The van der Waals surface area contributed by atoms with Gasteiger partial charge >= 0.3 is 0 Å². The molecule has 1 amide bonds. The molecular formula is C28H28ClN3O3S. The monoisotopic (exact) mass is 521 g/mol. The van der Waals surface area contributed by atoms with Crippen LogP contribution in [0.25, 0.3) is 10.2 Å². The zero-order chi connectivity index (χ0) is 25.1. The first-order valence-electron chi connectivity index (χ1n) is 12.0. The first kappa shape index (κ1) is 24.7. The number of nitrogens with one attached hydrogen (secondary N) is 2. The van der Waals surface area contributed by atoms with Crippen molar-refractivity contribution in [3.8, 4) is 0 Å². The standard InChI is InChI=1S/C28H28ClN3O3S/c1-32-15-24(27(34)30-14-18-7-9-20(29)10-8-18)26(33)23-13-22(36-28(23)32)16-35-17-25(31-21-11-12-21)19-5-3-2-4-6-19/h2-10,13,15,21,25,31H,11-12,14,16-17H2,1H3,(H,30,34). The smallest absolute Gasteiger partial charge is 0.257 e. The van der Waals surface area contributed by atoms with E-state index in [1.165, 1.54) is 29.7 Å². The van der Waals surface area contributed by atoms with Crippen molar-refractivity contribution in [2.75, 3.05) is 6.61 Å². The number of amides is 1. The lowest BCUT2D eigenvalue weighted by Crippen LogP contribution is -2.29. The Morgan fingerprint density at radius 3 is 2.64 bits per heavy atom. The molecule has 4 aromatic rings. The number of pyridine rings is 1. The number of thiophene rings is 1. The van der Waals surface area contributed by atoms with Crippen LogP contribution in [0.1, 0.15) is 45.2 Å². The zero-order valence-corrected chi connectivity index (χ0v) is 21.6. The second kappa shape index (κ2) is 11.0. The van der Waals surface area contributed by atoms with Crippen LogP contribution in [-0.2, 0) is 24.9 Å². The molecule has 2 heterocycles. The number of hydrogen-bond acceptors (Lipinski definition) is 5. The molecule has 36 heavy (non-hydrogen) atoms. The molecule has 6 nitrogen and oxygen atoms in total. The van der Waals surface area contributed by atoms with E-state index in [0.717, 1.165) is 15.3 Å². The topological polar surface area (TPSA) is 72.4 Å². The third-order valence-corrected chi connectivity index (χ3v) is 7.70. The van der Waals surface area contributed by atoms with Crippen LogP contribution in [0.5, 0.6) is 0 Å². The minimum Gasteiger partial charge on any atom is -0.374 e. The van der Waals surface area contributed by atoms with Crippen molar-refractivity contribution >= 4 is 39.1 Å². The summed E-state index contributed by atoms with van der Waals surface area (Å²) in [6.45, 7) is 1.27. The summed E-state index contributed by atoms with van der Waals surface area (Å²) in [6, 6.07) is 20.1. The van der Waals surface area contributed by atoms with E-state index in [1.807, 2.05) is 48.0 Å². The molecule has 1 saturated carbocycles. The molecule has 8 heteroatoms. The Balaban J connectivity index is 1.26. The van der Waals surface area contributed by atoms with Gasteiger partial charge in [-0.1, -0.05) is 54.1 Å². The maximum Gasteiger partial charge on any atom is 0.257 e. The molecule has 2 N–H and O–H groups in total. The van der Waals surface area contributed by atoms with Gasteiger partial charge in [0.15, 0.2) is 0 Å². The van der Waals surface area contributed by atoms with Gasteiger partial charge in [0.25, 0.3) is 5.91 Å². The average molecular weight is 522 g/mol. The van der Waals surface area contributed by atoms with E-state index in [2.05, 4.69) is 22.8 Å². The quantitative estimate of drug-likeness (QED) is 0.301. The number of rotatable bonds is 10. The number of halogens is 1. The normalized spacial score (nSPS) is 14.2. The predicted octanol–water partition coefficient (Wildman–Crippen LogP) is 5.19. The van der Waals surface area contributed by atoms with Gasteiger partial charge in [0.2, 0.25) is 5.43 Å². The lowest BCUT2D eigenvalue weighted by molar-refractivity contribution is 0.0949. The van der Waals surface area contributed by atoms with E-state index in [-0.39, 0.29) is 17.0 Å². The molecule has 1 fully saturated rings. The summed E-state index contributed by atoms with van der Waals surface area (Å²) in [4.78, 5) is 27.7. The first-order valence-corrected chi connectivity index (χ1v) is 13.2. The fourth-order valence-electron chi connectivity index (χ4n) is 4.16. The Morgan fingerprint density at radius 1 is 1.17 bits per heavy atom. The molecule has 0 bridgehead atoms. The Morgan fingerprint density at radius 2 is 1.92 bits per heavy atom. The Labute approximate surface area is 218 Å². The summed E-state index contributed by atoms with van der Waals surface area (Å²) in [6.07, 6.45) is 4.02. The van der Waals surface area contributed by atoms with Gasteiger partial charge in [0.05, 0.1) is 24.6 Å². The van der Waals surface area contributed by atoms with Gasteiger partial charge in [0.1, 0.15) is 10.4 Å². The van der Waals surface area contributed by atoms with Crippen molar-refractivity contribution in [1.82, 2.24) is 15.2 Å².